The lowest BCUT2D eigenvalue weighted by molar-refractivity contribution is -0.344. The summed E-state index contributed by atoms with van der Waals surface area (Å²) < 4.78 is 36.1. The number of aliphatic hydroxyl groups is 5. The van der Waals surface area contributed by atoms with Crippen molar-refractivity contribution in [2.24, 2.45) is 11.8 Å². The van der Waals surface area contributed by atoms with Gasteiger partial charge in [-0.15, -0.1) is 0 Å². The number of nitrogens with zero attached hydrogens (tertiary/aromatic N) is 1. The second kappa shape index (κ2) is 18.6. The molecule has 2 saturated heterocycles. The highest BCUT2D eigenvalue weighted by Crippen LogP contribution is 2.36. The molecule has 14 nitrogen and oxygen atoms in total. The Bertz CT molecular complexity index is 1100. The highest BCUT2D eigenvalue weighted by atomic mass is 16.7. The van der Waals surface area contributed by atoms with E-state index in [0.29, 0.717) is 6.42 Å². The summed E-state index contributed by atoms with van der Waals surface area (Å²) in [6.07, 6.45) is -4.00. The third-order valence-corrected chi connectivity index (χ3v) is 9.83. The maximum atomic E-state index is 12.8. The number of allylic oxidation sites excluding steroid dienone is 2. The summed E-state index contributed by atoms with van der Waals surface area (Å²) in [6.45, 7) is 8.44. The normalized spacial score (nSPS) is 46.2. The molecule has 0 amide bonds. The van der Waals surface area contributed by atoms with E-state index >= 15 is 0 Å². The first-order valence-electron chi connectivity index (χ1n) is 17.2. The Morgan fingerprint density at radius 2 is 1.69 bits per heavy atom. The van der Waals surface area contributed by atoms with Gasteiger partial charge >= 0.3 is 5.97 Å². The summed E-state index contributed by atoms with van der Waals surface area (Å²) in [5.74, 6) is -1.64. The number of hydrogen-bond acceptors (Lipinski definition) is 14. The van der Waals surface area contributed by atoms with Crippen LogP contribution < -0.4 is 0 Å². The lowest BCUT2D eigenvalue weighted by Crippen LogP contribution is -2.65. The van der Waals surface area contributed by atoms with Crippen LogP contribution in [0.1, 0.15) is 66.7 Å². The van der Waals surface area contributed by atoms with Crippen LogP contribution in [0.25, 0.3) is 0 Å². The topological polar surface area (TPSA) is 194 Å². The maximum absolute atomic E-state index is 12.8. The number of carbonyl (C=O) groups excluding carboxylic acids is 2. The van der Waals surface area contributed by atoms with Crippen molar-refractivity contribution in [3.05, 3.63) is 24.3 Å². The van der Waals surface area contributed by atoms with Crippen molar-refractivity contribution in [3.8, 4) is 0 Å². The van der Waals surface area contributed by atoms with Crippen LogP contribution in [0.3, 0.4) is 0 Å². The molecule has 0 aliphatic carbocycles. The minimum Gasteiger partial charge on any atom is -0.462 e. The van der Waals surface area contributed by atoms with Crippen molar-refractivity contribution in [1.82, 2.24) is 4.90 Å². The lowest BCUT2D eigenvalue weighted by Gasteiger charge is -2.50. The molecule has 0 spiro atoms. The van der Waals surface area contributed by atoms with E-state index in [0.717, 1.165) is 6.29 Å². The van der Waals surface area contributed by atoms with Gasteiger partial charge in [0.25, 0.3) is 0 Å². The van der Waals surface area contributed by atoms with Gasteiger partial charge in [0.2, 0.25) is 0 Å². The first-order valence-corrected chi connectivity index (χ1v) is 17.2. The molecule has 0 aromatic carbocycles. The number of aliphatic hydroxyl groups excluding tert-OH is 4. The minimum absolute atomic E-state index is 0.0164. The summed E-state index contributed by atoms with van der Waals surface area (Å²) in [6, 6.07) is -0.721. The van der Waals surface area contributed by atoms with E-state index in [1.54, 1.807) is 58.0 Å². The van der Waals surface area contributed by atoms with E-state index in [9.17, 15) is 35.1 Å². The van der Waals surface area contributed by atoms with Gasteiger partial charge in [-0.1, -0.05) is 31.2 Å². The molecule has 0 bridgehead atoms. The SMILES string of the molecule is CO[C@@H]1[C@@H](O[C@@H]2O[C@H](C)[C@@H](O[C@H]3C[C@@](C)(O)[C@@H](O)[C@H](C)O3)[C@H](N(C)C)[C@H]2O)[C@@H](CC=O)C[C@@H](C)[C@@H](O)/C=C\C=C/C[C@@H](C)OC(=O)C[C@H]1O. The van der Waals surface area contributed by atoms with Crippen LogP contribution in [0.5, 0.6) is 0 Å². The van der Waals surface area contributed by atoms with E-state index in [2.05, 4.69) is 0 Å². The van der Waals surface area contributed by atoms with Gasteiger partial charge in [0.05, 0.1) is 48.6 Å². The average Bonchev–Trinajstić information content (AvgIpc) is 3.00. The third-order valence-electron chi connectivity index (χ3n) is 9.83. The van der Waals surface area contributed by atoms with Gasteiger partial charge in [-0.2, -0.15) is 0 Å². The lowest BCUT2D eigenvalue weighted by atomic mass is 9.82. The van der Waals surface area contributed by atoms with E-state index in [1.807, 2.05) is 13.0 Å². The smallest absolute Gasteiger partial charge is 0.308 e. The zero-order valence-electron chi connectivity index (χ0n) is 30.0. The summed E-state index contributed by atoms with van der Waals surface area (Å²) in [5.41, 5.74) is -1.46. The van der Waals surface area contributed by atoms with Gasteiger partial charge in [-0.3, -0.25) is 4.79 Å². The number of ether oxygens (including phenoxy) is 6. The maximum Gasteiger partial charge on any atom is 0.308 e. The molecule has 3 aliphatic heterocycles. The van der Waals surface area contributed by atoms with Crippen LogP contribution in [-0.4, -0.2) is 149 Å². The van der Waals surface area contributed by atoms with Gasteiger partial charge in [0, 0.05) is 26.4 Å². The zero-order chi connectivity index (χ0) is 36.6. The van der Waals surface area contributed by atoms with Crippen LogP contribution in [0, 0.1) is 11.8 Å². The number of esters is 1. The van der Waals surface area contributed by atoms with E-state index in [4.69, 9.17) is 28.4 Å². The Labute approximate surface area is 289 Å². The highest BCUT2D eigenvalue weighted by Gasteiger charge is 2.51. The molecule has 282 valence electrons. The molecule has 2 fully saturated rings. The van der Waals surface area contributed by atoms with E-state index in [1.165, 1.54) is 14.0 Å². The summed E-state index contributed by atoms with van der Waals surface area (Å²) >= 11 is 0. The Balaban J connectivity index is 1.94. The molecule has 0 aromatic heterocycles. The van der Waals surface area contributed by atoms with Crippen LogP contribution in [0.15, 0.2) is 24.3 Å². The molecule has 5 N–H and O–H groups in total. The predicted molar refractivity (Wildman–Crippen MR) is 177 cm³/mol. The van der Waals surface area contributed by atoms with Crippen molar-refractivity contribution in [1.29, 1.82) is 0 Å². The first-order chi connectivity index (χ1) is 23.0. The van der Waals surface area contributed by atoms with Crippen molar-refractivity contribution in [3.63, 3.8) is 0 Å². The standard InChI is InChI=1S/C35H59NO13/c1-19-16-23(14-15-37)31(32(44-8)25(39)17-26(40)45-20(2)12-10-9-11-13-24(19)38)49-34-29(41)28(36(6)7)30(21(3)47-34)48-27-18-35(5,43)33(42)22(4)46-27/h9-11,13,15,19-25,27-34,38-39,41-43H,12,14,16-18H2,1-8H3/b10-9-,13-11-/t19-,20-,21-,22+,23+,24+,25-,27+,28-,29-,30-,31+,32+,33+,34+,35-/m1/s1. The van der Waals surface area contributed by atoms with E-state index in [-0.39, 0.29) is 25.2 Å². The van der Waals surface area contributed by atoms with Gasteiger partial charge in [0.15, 0.2) is 12.6 Å². The summed E-state index contributed by atoms with van der Waals surface area (Å²) in [4.78, 5) is 26.6. The minimum atomic E-state index is -1.46. The second-order valence-electron chi connectivity index (χ2n) is 14.3. The largest absolute Gasteiger partial charge is 0.462 e. The molecular weight excluding hydrogens is 642 g/mol. The molecule has 3 rings (SSSR count). The zero-order valence-corrected chi connectivity index (χ0v) is 30.0. The Morgan fingerprint density at radius 3 is 2.31 bits per heavy atom. The van der Waals surface area contributed by atoms with E-state index < -0.39 is 104 Å². The van der Waals surface area contributed by atoms with Crippen molar-refractivity contribution in [2.45, 2.75) is 152 Å². The number of rotatable bonds is 8. The molecule has 0 unspecified atom stereocenters. The summed E-state index contributed by atoms with van der Waals surface area (Å²) in [5, 5.41) is 55.2. The fourth-order valence-electron chi connectivity index (χ4n) is 7.04. The van der Waals surface area contributed by atoms with Gasteiger partial charge < -0.3 is 63.6 Å². The van der Waals surface area contributed by atoms with Crippen LogP contribution >= 0.6 is 0 Å². The number of carbonyl (C=O) groups is 2. The quantitative estimate of drug-likeness (QED) is 0.177. The van der Waals surface area contributed by atoms with Gasteiger partial charge in [-0.25, -0.2) is 0 Å². The van der Waals surface area contributed by atoms with Gasteiger partial charge in [0.1, 0.15) is 36.8 Å². The molecule has 14 heteroatoms. The number of cyclic esters (lactones) is 1. The Morgan fingerprint density at radius 1 is 1.00 bits per heavy atom. The fourth-order valence-corrected chi connectivity index (χ4v) is 7.04. The van der Waals surface area contributed by atoms with Gasteiger partial charge in [-0.05, 0) is 60.0 Å². The molecule has 49 heavy (non-hydrogen) atoms. The third kappa shape index (κ3) is 11.1. The molecule has 3 aliphatic rings. The van der Waals surface area contributed by atoms with Crippen molar-refractivity contribution in [2.75, 3.05) is 21.2 Å². The number of hydrogen-bond donors (Lipinski definition) is 5. The predicted octanol–water partition coefficient (Wildman–Crippen LogP) is 0.846. The van der Waals surface area contributed by atoms with Crippen molar-refractivity contribution < 1.29 is 63.5 Å². The Hall–Kier alpha value is -1.82. The molecule has 0 saturated carbocycles. The molecule has 0 aromatic rings. The van der Waals surface area contributed by atoms with Crippen LogP contribution in [0.4, 0.5) is 0 Å². The van der Waals surface area contributed by atoms with Crippen LogP contribution in [0.2, 0.25) is 0 Å². The molecule has 16 atom stereocenters. The highest BCUT2D eigenvalue weighted by molar-refractivity contribution is 5.70. The number of likely N-dealkylation sites (N-methyl/N-ethyl adjacent to an activating group) is 1. The first kappa shape index (κ1) is 41.6. The molecule has 3 heterocycles. The fraction of sp³-hybridized carbons (Fsp3) is 0.829. The summed E-state index contributed by atoms with van der Waals surface area (Å²) in [7, 11) is 4.86. The van der Waals surface area contributed by atoms with Crippen molar-refractivity contribution >= 4 is 12.3 Å². The van der Waals surface area contributed by atoms with Crippen LogP contribution in [-0.2, 0) is 38.0 Å². The Kier molecular flexibility index (Phi) is 15.8. The second-order valence-corrected chi connectivity index (χ2v) is 14.3. The number of methoxy groups -OCH3 is 1. The average molecular weight is 702 g/mol. The molecular formula is C35H59NO13. The molecule has 0 radical (unpaired) electrons. The monoisotopic (exact) mass is 701 g/mol. The number of aldehydes is 1.